The minimum absolute atomic E-state index is 0.386. The highest BCUT2D eigenvalue weighted by Gasteiger charge is 2.32. The van der Waals surface area contributed by atoms with Crippen molar-refractivity contribution in [3.63, 3.8) is 0 Å². The van der Waals surface area contributed by atoms with E-state index in [-0.39, 0.29) is 0 Å². The van der Waals surface area contributed by atoms with Gasteiger partial charge in [0.15, 0.2) is 5.65 Å². The Morgan fingerprint density at radius 1 is 0.958 bits per heavy atom. The maximum absolute atomic E-state index is 4.58. The number of imidazole rings is 1. The summed E-state index contributed by atoms with van der Waals surface area (Å²) in [5.41, 5.74) is 2.88. The lowest BCUT2D eigenvalue weighted by atomic mass is 9.86. The molecule has 1 aliphatic carbocycles. The molecule has 6 heteroatoms. The summed E-state index contributed by atoms with van der Waals surface area (Å²) in [6.07, 6.45) is 7.63. The fourth-order valence-electron chi connectivity index (χ4n) is 3.29. The molecule has 1 aromatic carbocycles. The number of hydrogen-bond donors (Lipinski definition) is 1. The first-order valence-electron chi connectivity index (χ1n) is 8.13. The Balaban J connectivity index is 1.31. The van der Waals surface area contributed by atoms with E-state index in [0.717, 1.165) is 34.9 Å². The molecule has 3 heterocycles. The van der Waals surface area contributed by atoms with Crippen molar-refractivity contribution in [1.82, 2.24) is 24.5 Å². The number of benzene rings is 1. The van der Waals surface area contributed by atoms with Crippen molar-refractivity contribution in [3.05, 3.63) is 55.1 Å². The van der Waals surface area contributed by atoms with Crippen molar-refractivity contribution >= 4 is 28.0 Å². The Morgan fingerprint density at radius 2 is 1.83 bits per heavy atom. The highest BCUT2D eigenvalue weighted by molar-refractivity contribution is 5.78. The molecule has 6 nitrogen and oxygen atoms in total. The third kappa shape index (κ3) is 2.19. The van der Waals surface area contributed by atoms with Crippen molar-refractivity contribution in [3.8, 4) is 0 Å². The van der Waals surface area contributed by atoms with Gasteiger partial charge in [-0.15, -0.1) is 0 Å². The first-order valence-corrected chi connectivity index (χ1v) is 8.13. The van der Waals surface area contributed by atoms with Gasteiger partial charge in [0.2, 0.25) is 5.95 Å². The molecule has 0 amide bonds. The maximum atomic E-state index is 4.58. The zero-order valence-corrected chi connectivity index (χ0v) is 13.0. The van der Waals surface area contributed by atoms with Crippen LogP contribution in [0.1, 0.15) is 18.9 Å². The second-order valence-electron chi connectivity index (χ2n) is 6.22. The van der Waals surface area contributed by atoms with Crippen LogP contribution in [-0.2, 0) is 0 Å². The van der Waals surface area contributed by atoms with Gasteiger partial charge in [0.05, 0.1) is 11.8 Å². The summed E-state index contributed by atoms with van der Waals surface area (Å²) in [5.74, 6) is 0.700. The zero-order valence-electron chi connectivity index (χ0n) is 13.0. The number of nitrogens with zero attached hydrogens (tertiary/aromatic N) is 5. The Labute approximate surface area is 138 Å². The Kier molecular flexibility index (Phi) is 2.94. The highest BCUT2D eigenvalue weighted by atomic mass is 15.2. The summed E-state index contributed by atoms with van der Waals surface area (Å²) in [7, 11) is 0. The van der Waals surface area contributed by atoms with Crippen LogP contribution in [0, 0.1) is 0 Å². The molecule has 118 valence electrons. The maximum Gasteiger partial charge on any atom is 0.223 e. The van der Waals surface area contributed by atoms with Crippen LogP contribution in [0.25, 0.3) is 22.1 Å². The topological polar surface area (TPSA) is 68.5 Å². The van der Waals surface area contributed by atoms with E-state index in [1.807, 2.05) is 55.1 Å². The number of hydrogen-bond acceptors (Lipinski definition) is 5. The van der Waals surface area contributed by atoms with E-state index in [0.29, 0.717) is 18.0 Å². The van der Waals surface area contributed by atoms with Crippen molar-refractivity contribution in [2.24, 2.45) is 0 Å². The number of fused-ring (bicyclic) bond motifs is 2. The first-order chi connectivity index (χ1) is 11.9. The molecular weight excluding hydrogens is 300 g/mol. The highest BCUT2D eigenvalue weighted by Crippen LogP contribution is 2.35. The van der Waals surface area contributed by atoms with Crippen LogP contribution in [0.15, 0.2) is 55.1 Å². The van der Waals surface area contributed by atoms with Crippen molar-refractivity contribution in [2.75, 3.05) is 5.32 Å². The van der Waals surface area contributed by atoms with E-state index < -0.39 is 0 Å². The lowest BCUT2D eigenvalue weighted by Crippen LogP contribution is -2.37. The smallest absolute Gasteiger partial charge is 0.223 e. The molecule has 1 aliphatic rings. The van der Waals surface area contributed by atoms with Crippen molar-refractivity contribution in [1.29, 1.82) is 0 Å². The third-order valence-electron chi connectivity index (χ3n) is 4.66. The third-order valence-corrected chi connectivity index (χ3v) is 4.66. The SMILES string of the molecule is c1ccc2nc(N[C@H]3C[C@H](n4cnc5cccnc54)C3)ncc2c1. The van der Waals surface area contributed by atoms with Gasteiger partial charge < -0.3 is 9.88 Å². The van der Waals surface area contributed by atoms with Gasteiger partial charge in [-0.25, -0.2) is 19.9 Å². The Hall–Kier alpha value is -3.02. The molecule has 0 atom stereocenters. The van der Waals surface area contributed by atoms with Gasteiger partial charge >= 0.3 is 0 Å². The standard InChI is InChI=1S/C18H16N6/c1-2-5-15-12(4-1)10-20-18(23-15)22-13-8-14(9-13)24-11-21-16-6-3-7-19-17(16)24/h1-7,10-11,13-14H,8-9H2,(H,20,22,23)/t13-,14-. The molecule has 1 N–H and O–H groups in total. The molecule has 0 spiro atoms. The summed E-state index contributed by atoms with van der Waals surface area (Å²) >= 11 is 0. The Morgan fingerprint density at radius 3 is 2.79 bits per heavy atom. The number of para-hydroxylation sites is 1. The van der Waals surface area contributed by atoms with Crippen LogP contribution in [0.3, 0.4) is 0 Å². The van der Waals surface area contributed by atoms with E-state index in [1.165, 1.54) is 0 Å². The first kappa shape index (κ1) is 13.4. The lowest BCUT2D eigenvalue weighted by molar-refractivity contribution is 0.286. The zero-order chi connectivity index (χ0) is 15.9. The van der Waals surface area contributed by atoms with E-state index in [1.54, 1.807) is 0 Å². The fourth-order valence-corrected chi connectivity index (χ4v) is 3.29. The van der Waals surface area contributed by atoms with E-state index in [2.05, 4.69) is 29.8 Å². The lowest BCUT2D eigenvalue weighted by Gasteiger charge is -2.36. The molecule has 3 aromatic heterocycles. The van der Waals surface area contributed by atoms with E-state index >= 15 is 0 Å². The number of aromatic nitrogens is 5. The van der Waals surface area contributed by atoms with Gasteiger partial charge in [-0.2, -0.15) is 0 Å². The summed E-state index contributed by atoms with van der Waals surface area (Å²) in [5, 5.41) is 4.49. The van der Waals surface area contributed by atoms with Crippen LogP contribution in [0.5, 0.6) is 0 Å². The number of anilines is 1. The molecule has 0 aliphatic heterocycles. The van der Waals surface area contributed by atoms with E-state index in [4.69, 9.17) is 0 Å². The van der Waals surface area contributed by atoms with Crippen molar-refractivity contribution in [2.45, 2.75) is 24.9 Å². The molecule has 0 saturated heterocycles. The number of nitrogens with one attached hydrogen (secondary N) is 1. The van der Waals surface area contributed by atoms with Crippen LogP contribution >= 0.6 is 0 Å². The second kappa shape index (κ2) is 5.26. The van der Waals surface area contributed by atoms with Gasteiger partial charge in [0.1, 0.15) is 5.52 Å². The minimum atomic E-state index is 0.386. The largest absolute Gasteiger partial charge is 0.351 e. The monoisotopic (exact) mass is 316 g/mol. The Bertz CT molecular complexity index is 1020. The van der Waals surface area contributed by atoms with Crippen LogP contribution < -0.4 is 5.32 Å². The summed E-state index contributed by atoms with van der Waals surface area (Å²) < 4.78 is 2.18. The molecule has 1 fully saturated rings. The number of rotatable bonds is 3. The van der Waals surface area contributed by atoms with Gasteiger partial charge in [-0.05, 0) is 31.0 Å². The normalized spacial score (nSPS) is 20.2. The van der Waals surface area contributed by atoms with Gasteiger partial charge in [0, 0.05) is 29.9 Å². The predicted octanol–water partition coefficient (Wildman–Crippen LogP) is 3.19. The molecule has 0 bridgehead atoms. The van der Waals surface area contributed by atoms with Gasteiger partial charge in [-0.3, -0.25) is 0 Å². The number of pyridine rings is 1. The summed E-state index contributed by atoms with van der Waals surface area (Å²) in [6, 6.07) is 12.8. The minimum Gasteiger partial charge on any atom is -0.351 e. The second-order valence-corrected chi connectivity index (χ2v) is 6.22. The van der Waals surface area contributed by atoms with Crippen LogP contribution in [-0.4, -0.2) is 30.5 Å². The quantitative estimate of drug-likeness (QED) is 0.628. The molecule has 0 radical (unpaired) electrons. The fraction of sp³-hybridized carbons (Fsp3) is 0.222. The molecule has 1 saturated carbocycles. The molecular formula is C18H16N6. The van der Waals surface area contributed by atoms with Crippen molar-refractivity contribution < 1.29 is 0 Å². The molecule has 5 rings (SSSR count). The van der Waals surface area contributed by atoms with Crippen LogP contribution in [0.2, 0.25) is 0 Å². The predicted molar refractivity (Wildman–Crippen MR) is 92.7 cm³/mol. The average molecular weight is 316 g/mol. The molecule has 0 unspecified atom stereocenters. The summed E-state index contributed by atoms with van der Waals surface area (Å²) in [6.45, 7) is 0. The molecule has 24 heavy (non-hydrogen) atoms. The average Bonchev–Trinajstić information content (AvgIpc) is 3.01. The van der Waals surface area contributed by atoms with Crippen LogP contribution in [0.4, 0.5) is 5.95 Å². The van der Waals surface area contributed by atoms with E-state index in [9.17, 15) is 0 Å². The van der Waals surface area contributed by atoms with Gasteiger partial charge in [-0.1, -0.05) is 18.2 Å². The summed E-state index contributed by atoms with van der Waals surface area (Å²) in [4.78, 5) is 17.9. The molecule has 4 aromatic rings. The van der Waals surface area contributed by atoms with Gasteiger partial charge in [0.25, 0.3) is 0 Å².